The highest BCUT2D eigenvalue weighted by Gasteiger charge is 2.01. The first-order chi connectivity index (χ1) is 6.65. The van der Waals surface area contributed by atoms with Gasteiger partial charge in [-0.1, -0.05) is 55.0 Å². The van der Waals surface area contributed by atoms with Crippen molar-refractivity contribution in [1.29, 1.82) is 0 Å². The second-order valence-corrected chi connectivity index (χ2v) is 3.68. The van der Waals surface area contributed by atoms with E-state index >= 15 is 0 Å². The van der Waals surface area contributed by atoms with Crippen molar-refractivity contribution in [2.45, 2.75) is 27.2 Å². The lowest BCUT2D eigenvalue weighted by Crippen LogP contribution is -1.86. The van der Waals surface area contributed by atoms with Gasteiger partial charge in [-0.15, -0.1) is 0 Å². The summed E-state index contributed by atoms with van der Waals surface area (Å²) < 4.78 is 0. The lowest BCUT2D eigenvalue weighted by Gasteiger charge is -2.07. The van der Waals surface area contributed by atoms with Gasteiger partial charge in [-0.05, 0) is 31.4 Å². The highest BCUT2D eigenvalue weighted by molar-refractivity contribution is 5.77. The van der Waals surface area contributed by atoms with Crippen LogP contribution in [0.25, 0.3) is 5.57 Å². The van der Waals surface area contributed by atoms with Crippen LogP contribution in [0.3, 0.4) is 0 Å². The van der Waals surface area contributed by atoms with Crippen molar-refractivity contribution in [2.24, 2.45) is 0 Å². The predicted octanol–water partition coefficient (Wildman–Crippen LogP) is 4.36. The van der Waals surface area contributed by atoms with Gasteiger partial charge < -0.3 is 0 Å². The first-order valence-corrected chi connectivity index (χ1v) is 5.08. The van der Waals surface area contributed by atoms with E-state index in [-0.39, 0.29) is 0 Å². The monoisotopic (exact) mass is 186 g/mol. The molecule has 0 radical (unpaired) electrons. The van der Waals surface area contributed by atoms with Crippen molar-refractivity contribution < 1.29 is 0 Å². The fraction of sp³-hybridized carbons (Fsp3) is 0.286. The molecule has 0 aliphatic rings. The Kier molecular flexibility index (Phi) is 3.70. The number of rotatable bonds is 3. The molecule has 0 aliphatic carbocycles. The number of benzene rings is 1. The van der Waals surface area contributed by atoms with E-state index in [1.807, 2.05) is 0 Å². The Labute approximate surface area is 87.0 Å². The Morgan fingerprint density at radius 3 is 2.64 bits per heavy atom. The zero-order chi connectivity index (χ0) is 10.6. The summed E-state index contributed by atoms with van der Waals surface area (Å²) >= 11 is 0. The average Bonchev–Trinajstić information content (AvgIpc) is 2.13. The molecular formula is C14H18. The predicted molar refractivity (Wildman–Crippen MR) is 64.3 cm³/mol. The molecule has 1 aromatic carbocycles. The minimum atomic E-state index is 1.05. The largest absolute Gasteiger partial charge is 0.0955 e. The Bertz CT molecular complexity index is 356. The first-order valence-electron chi connectivity index (χ1n) is 5.08. The summed E-state index contributed by atoms with van der Waals surface area (Å²) in [5, 5.41) is 0. The number of hydrogen-bond donors (Lipinski definition) is 0. The van der Waals surface area contributed by atoms with Gasteiger partial charge in [-0.3, -0.25) is 0 Å². The molecule has 0 heteroatoms. The van der Waals surface area contributed by atoms with E-state index in [0.717, 1.165) is 12.0 Å². The maximum atomic E-state index is 4.01. The van der Waals surface area contributed by atoms with Crippen LogP contribution in [0.2, 0.25) is 0 Å². The molecule has 0 fully saturated rings. The van der Waals surface area contributed by atoms with Crippen LogP contribution in [0, 0.1) is 6.92 Å². The third-order valence-electron chi connectivity index (χ3n) is 2.20. The Morgan fingerprint density at radius 1 is 1.43 bits per heavy atom. The van der Waals surface area contributed by atoms with Crippen molar-refractivity contribution in [2.75, 3.05) is 0 Å². The molecule has 0 aliphatic heterocycles. The molecule has 0 heterocycles. The zero-order valence-electron chi connectivity index (χ0n) is 9.30. The number of aryl methyl sites for hydroxylation is 1. The molecular weight excluding hydrogens is 168 g/mol. The summed E-state index contributed by atoms with van der Waals surface area (Å²) in [6.07, 6.45) is 3.28. The van der Waals surface area contributed by atoms with Crippen LogP contribution >= 0.6 is 0 Å². The summed E-state index contributed by atoms with van der Waals surface area (Å²) in [4.78, 5) is 0. The molecule has 0 nitrogen and oxygen atoms in total. The fourth-order valence-corrected chi connectivity index (χ4v) is 1.56. The maximum absolute atomic E-state index is 4.01. The second kappa shape index (κ2) is 4.80. The molecule has 0 aromatic heterocycles. The van der Waals surface area contributed by atoms with Crippen molar-refractivity contribution in [3.05, 3.63) is 53.6 Å². The topological polar surface area (TPSA) is 0 Å². The summed E-state index contributed by atoms with van der Waals surface area (Å²) in [5.74, 6) is 0. The highest BCUT2D eigenvalue weighted by Crippen LogP contribution is 2.22. The Balaban J connectivity index is 3.12. The van der Waals surface area contributed by atoms with Gasteiger partial charge in [0.2, 0.25) is 0 Å². The van der Waals surface area contributed by atoms with Crippen LogP contribution in [-0.4, -0.2) is 0 Å². The molecule has 0 saturated heterocycles. The van der Waals surface area contributed by atoms with Crippen LogP contribution in [0.15, 0.2) is 42.5 Å². The van der Waals surface area contributed by atoms with Gasteiger partial charge in [0.05, 0.1) is 0 Å². The van der Waals surface area contributed by atoms with Gasteiger partial charge in [0.15, 0.2) is 0 Å². The summed E-state index contributed by atoms with van der Waals surface area (Å²) in [6, 6.07) is 8.56. The smallest absolute Gasteiger partial charge is 0.0182 e. The SMILES string of the molecule is C=C(C)/C(=C\CC)c1cccc(C)c1. The van der Waals surface area contributed by atoms with Crippen LogP contribution in [0.1, 0.15) is 31.4 Å². The molecule has 0 bridgehead atoms. The van der Waals surface area contributed by atoms with E-state index < -0.39 is 0 Å². The van der Waals surface area contributed by atoms with E-state index in [2.05, 4.69) is 57.7 Å². The van der Waals surface area contributed by atoms with Crippen molar-refractivity contribution in [1.82, 2.24) is 0 Å². The van der Waals surface area contributed by atoms with Gasteiger partial charge in [-0.25, -0.2) is 0 Å². The van der Waals surface area contributed by atoms with Crippen molar-refractivity contribution in [3.63, 3.8) is 0 Å². The Morgan fingerprint density at radius 2 is 2.14 bits per heavy atom. The molecule has 1 rings (SSSR count). The quantitative estimate of drug-likeness (QED) is 0.615. The molecule has 14 heavy (non-hydrogen) atoms. The average molecular weight is 186 g/mol. The molecule has 0 saturated carbocycles. The Hall–Kier alpha value is -1.30. The molecule has 0 unspecified atom stereocenters. The maximum Gasteiger partial charge on any atom is -0.0182 e. The van der Waals surface area contributed by atoms with Crippen LogP contribution in [0.4, 0.5) is 0 Å². The lowest BCUT2D eigenvalue weighted by molar-refractivity contribution is 1.22. The summed E-state index contributed by atoms with van der Waals surface area (Å²) in [6.45, 7) is 10.3. The van der Waals surface area contributed by atoms with Gasteiger partial charge in [-0.2, -0.15) is 0 Å². The molecule has 0 N–H and O–H groups in total. The van der Waals surface area contributed by atoms with Gasteiger partial charge in [0.1, 0.15) is 0 Å². The fourth-order valence-electron chi connectivity index (χ4n) is 1.56. The second-order valence-electron chi connectivity index (χ2n) is 3.68. The third-order valence-corrected chi connectivity index (χ3v) is 2.20. The normalized spacial score (nSPS) is 11.5. The number of allylic oxidation sites excluding steroid dienone is 3. The van der Waals surface area contributed by atoms with Crippen molar-refractivity contribution >= 4 is 5.57 Å². The van der Waals surface area contributed by atoms with E-state index in [9.17, 15) is 0 Å². The van der Waals surface area contributed by atoms with Gasteiger partial charge in [0.25, 0.3) is 0 Å². The van der Waals surface area contributed by atoms with Crippen LogP contribution in [0.5, 0.6) is 0 Å². The molecule has 0 spiro atoms. The lowest BCUT2D eigenvalue weighted by atomic mass is 9.98. The summed E-state index contributed by atoms with van der Waals surface area (Å²) in [7, 11) is 0. The van der Waals surface area contributed by atoms with E-state index in [0.29, 0.717) is 0 Å². The zero-order valence-corrected chi connectivity index (χ0v) is 9.30. The van der Waals surface area contributed by atoms with Crippen LogP contribution in [-0.2, 0) is 0 Å². The van der Waals surface area contributed by atoms with E-state index in [4.69, 9.17) is 0 Å². The van der Waals surface area contributed by atoms with E-state index in [1.54, 1.807) is 0 Å². The third kappa shape index (κ3) is 2.59. The van der Waals surface area contributed by atoms with Gasteiger partial charge >= 0.3 is 0 Å². The standard InChI is InChI=1S/C14H18/c1-5-7-14(11(2)3)13-9-6-8-12(4)10-13/h6-10H,2,5H2,1,3-4H3/b14-7+. The molecule has 0 amide bonds. The number of hydrogen-bond acceptors (Lipinski definition) is 0. The minimum Gasteiger partial charge on any atom is -0.0955 e. The van der Waals surface area contributed by atoms with Gasteiger partial charge in [0, 0.05) is 0 Å². The summed E-state index contributed by atoms with van der Waals surface area (Å²) in [5.41, 5.74) is 4.98. The van der Waals surface area contributed by atoms with Crippen molar-refractivity contribution in [3.8, 4) is 0 Å². The molecule has 1 aromatic rings. The van der Waals surface area contributed by atoms with Crippen LogP contribution < -0.4 is 0 Å². The molecule has 74 valence electrons. The highest BCUT2D eigenvalue weighted by atomic mass is 14.1. The first kappa shape index (κ1) is 10.8. The molecule has 0 atom stereocenters. The van der Waals surface area contributed by atoms with E-state index in [1.165, 1.54) is 16.7 Å². The minimum absolute atomic E-state index is 1.05.